The summed E-state index contributed by atoms with van der Waals surface area (Å²) in [6.07, 6.45) is -12.6. The number of carbonyl (C=O) groups is 4. The van der Waals surface area contributed by atoms with E-state index in [0.29, 0.717) is 0 Å². The van der Waals surface area contributed by atoms with Crippen LogP contribution in [-0.4, -0.2) is 113 Å². The largest absolute Gasteiger partial charge is 0.463 e. The van der Waals surface area contributed by atoms with Gasteiger partial charge in [-0.15, -0.1) is 0 Å². The molecule has 0 aromatic rings. The first kappa shape index (κ1) is 29.4. The SMILES string of the molecule is CC(=O)OC[C@H]1O[C@@H](OC[C@H]2O[C@H](Br)[C@H](O)[C@@H](O)[C@@H]2O)[C@H](OC(C)=O)[C@@H](OC(C)=O)[C@@H]1OC(C)=O. The highest BCUT2D eigenvalue weighted by Crippen LogP contribution is 2.31. The Morgan fingerprint density at radius 2 is 1.23 bits per heavy atom. The number of rotatable bonds is 8. The lowest BCUT2D eigenvalue weighted by atomic mass is 9.97. The van der Waals surface area contributed by atoms with Gasteiger partial charge in [0.05, 0.1) is 6.61 Å². The van der Waals surface area contributed by atoms with Crippen molar-refractivity contribution < 1.29 is 67.7 Å². The normalized spacial score (nSPS) is 37.1. The van der Waals surface area contributed by atoms with Crippen molar-refractivity contribution >= 4 is 39.8 Å². The predicted molar refractivity (Wildman–Crippen MR) is 114 cm³/mol. The van der Waals surface area contributed by atoms with Crippen LogP contribution in [0.2, 0.25) is 0 Å². The second-order valence-corrected chi connectivity index (χ2v) is 8.80. The third-order valence-electron chi connectivity index (χ3n) is 5.03. The lowest BCUT2D eigenvalue weighted by molar-refractivity contribution is -0.316. The molecule has 0 radical (unpaired) electrons. The van der Waals surface area contributed by atoms with E-state index >= 15 is 0 Å². The molecule has 15 heteroatoms. The topological polar surface area (TPSA) is 194 Å². The highest BCUT2D eigenvalue weighted by Gasteiger charge is 2.53. The second-order valence-electron chi connectivity index (χ2n) is 7.90. The van der Waals surface area contributed by atoms with Crippen LogP contribution in [0.5, 0.6) is 0 Å². The molecule has 2 heterocycles. The molecule has 3 N–H and O–H groups in total. The van der Waals surface area contributed by atoms with Gasteiger partial charge in [0.25, 0.3) is 0 Å². The van der Waals surface area contributed by atoms with Gasteiger partial charge < -0.3 is 48.5 Å². The van der Waals surface area contributed by atoms with Crippen LogP contribution >= 0.6 is 15.9 Å². The van der Waals surface area contributed by atoms with Crippen LogP contribution in [0, 0.1) is 0 Å². The molecule has 2 aliphatic rings. The molecule has 2 rings (SSSR count). The van der Waals surface area contributed by atoms with Crippen LogP contribution in [0.25, 0.3) is 0 Å². The molecule has 0 spiro atoms. The molecule has 0 unspecified atom stereocenters. The molecule has 0 bridgehead atoms. The number of carbonyl (C=O) groups excluding carboxylic acids is 4. The van der Waals surface area contributed by atoms with Crippen LogP contribution in [0.3, 0.4) is 0 Å². The third kappa shape index (κ3) is 8.06. The smallest absolute Gasteiger partial charge is 0.303 e. The summed E-state index contributed by atoms with van der Waals surface area (Å²) in [4.78, 5) is 46.7. The van der Waals surface area contributed by atoms with E-state index in [1.807, 2.05) is 0 Å². The highest BCUT2D eigenvalue weighted by molar-refractivity contribution is 9.09. The Kier molecular flexibility index (Phi) is 10.8. The van der Waals surface area contributed by atoms with E-state index < -0.39 is 97.2 Å². The van der Waals surface area contributed by atoms with E-state index in [2.05, 4.69) is 15.9 Å². The molecular formula is C20H29BrO14. The van der Waals surface area contributed by atoms with Crippen LogP contribution in [-0.2, 0) is 52.3 Å². The van der Waals surface area contributed by atoms with E-state index in [4.69, 9.17) is 33.2 Å². The minimum atomic E-state index is -1.56. The second kappa shape index (κ2) is 12.9. The van der Waals surface area contributed by atoms with Crippen LogP contribution in [0.1, 0.15) is 27.7 Å². The average Bonchev–Trinajstić information content (AvgIpc) is 2.75. The molecule has 0 saturated carbocycles. The number of hydrogen-bond donors (Lipinski definition) is 3. The molecule has 0 amide bonds. The van der Waals surface area contributed by atoms with Crippen LogP contribution < -0.4 is 0 Å². The van der Waals surface area contributed by atoms with Crippen LogP contribution in [0.15, 0.2) is 0 Å². The minimum absolute atomic E-state index is 0.436. The van der Waals surface area contributed by atoms with Gasteiger partial charge in [0.1, 0.15) is 42.1 Å². The Bertz CT molecular complexity index is 777. The van der Waals surface area contributed by atoms with E-state index in [-0.39, 0.29) is 0 Å². The van der Waals surface area contributed by atoms with Gasteiger partial charge in [0, 0.05) is 27.7 Å². The molecule has 0 aliphatic carbocycles. The molecule has 0 aromatic carbocycles. The fraction of sp³-hybridized carbons (Fsp3) is 0.800. The fourth-order valence-corrected chi connectivity index (χ4v) is 4.15. The molecule has 0 aromatic heterocycles. The molecular weight excluding hydrogens is 544 g/mol. The maximum atomic E-state index is 11.8. The molecule has 200 valence electrons. The summed E-state index contributed by atoms with van der Waals surface area (Å²) < 4.78 is 37.6. The number of esters is 4. The summed E-state index contributed by atoms with van der Waals surface area (Å²) in [7, 11) is 0. The number of hydrogen-bond acceptors (Lipinski definition) is 14. The van der Waals surface area contributed by atoms with Gasteiger partial charge in [0.2, 0.25) is 0 Å². The van der Waals surface area contributed by atoms with E-state index in [9.17, 15) is 34.5 Å². The Balaban J connectivity index is 2.32. The van der Waals surface area contributed by atoms with E-state index in [1.165, 1.54) is 0 Å². The summed E-state index contributed by atoms with van der Waals surface area (Å²) in [5.41, 5.74) is 0. The quantitative estimate of drug-likeness (QED) is 0.169. The van der Waals surface area contributed by atoms with E-state index in [0.717, 1.165) is 27.7 Å². The van der Waals surface area contributed by atoms with Gasteiger partial charge in [-0.25, -0.2) is 0 Å². The van der Waals surface area contributed by atoms with E-state index in [1.54, 1.807) is 0 Å². The van der Waals surface area contributed by atoms with Crippen molar-refractivity contribution in [1.29, 1.82) is 0 Å². The maximum Gasteiger partial charge on any atom is 0.303 e. The zero-order valence-electron chi connectivity index (χ0n) is 19.4. The number of aliphatic hydroxyl groups excluding tert-OH is 3. The number of alkyl halides is 1. The standard InChI is InChI=1S/C20H29BrO14/c1-7(22)29-6-12-16(31-8(2)23)17(32-9(3)24)18(33-10(4)25)20(35-12)30-5-11-13(26)14(27)15(28)19(21)34-11/h11-20,26-28H,5-6H2,1-4H3/t11-,12-,13-,14+,15-,16-,17+,18-,19+,20-/m1/s1. The number of halogens is 1. The molecule has 14 nitrogen and oxygen atoms in total. The lowest BCUT2D eigenvalue weighted by Gasteiger charge is -2.45. The maximum absolute atomic E-state index is 11.8. The van der Waals surface area contributed by atoms with Gasteiger partial charge in [-0.3, -0.25) is 19.2 Å². The summed E-state index contributed by atoms with van der Waals surface area (Å²) in [6.45, 7) is 3.51. The highest BCUT2D eigenvalue weighted by atomic mass is 79.9. The van der Waals surface area contributed by atoms with Crippen molar-refractivity contribution in [2.45, 2.75) is 87.8 Å². The molecule has 2 saturated heterocycles. The zero-order chi connectivity index (χ0) is 26.4. The Labute approximate surface area is 208 Å². The van der Waals surface area contributed by atoms with Crippen molar-refractivity contribution in [2.24, 2.45) is 0 Å². The predicted octanol–water partition coefficient (Wildman–Crippen LogP) is -1.71. The van der Waals surface area contributed by atoms with Gasteiger partial charge >= 0.3 is 23.9 Å². The van der Waals surface area contributed by atoms with Crippen molar-refractivity contribution in [3.05, 3.63) is 0 Å². The first-order valence-corrected chi connectivity index (χ1v) is 11.5. The molecule has 2 aliphatic heterocycles. The first-order valence-electron chi connectivity index (χ1n) is 10.6. The zero-order valence-corrected chi connectivity index (χ0v) is 21.0. The first-order chi connectivity index (χ1) is 16.3. The van der Waals surface area contributed by atoms with Crippen molar-refractivity contribution in [3.8, 4) is 0 Å². The molecule has 2 fully saturated rings. The van der Waals surface area contributed by atoms with Gasteiger partial charge in [0.15, 0.2) is 24.6 Å². The van der Waals surface area contributed by atoms with Gasteiger partial charge in [-0.2, -0.15) is 0 Å². The van der Waals surface area contributed by atoms with Crippen molar-refractivity contribution in [3.63, 3.8) is 0 Å². The molecule has 35 heavy (non-hydrogen) atoms. The monoisotopic (exact) mass is 572 g/mol. The van der Waals surface area contributed by atoms with Crippen molar-refractivity contribution in [1.82, 2.24) is 0 Å². The Morgan fingerprint density at radius 1 is 0.686 bits per heavy atom. The molecule has 10 atom stereocenters. The minimum Gasteiger partial charge on any atom is -0.463 e. The summed E-state index contributed by atoms with van der Waals surface area (Å²) in [6, 6.07) is 0. The fourth-order valence-electron chi connectivity index (χ4n) is 3.56. The summed E-state index contributed by atoms with van der Waals surface area (Å²) >= 11 is 3.03. The van der Waals surface area contributed by atoms with Crippen molar-refractivity contribution in [2.75, 3.05) is 13.2 Å². The Morgan fingerprint density at radius 3 is 1.77 bits per heavy atom. The number of ether oxygens (including phenoxy) is 7. The lowest BCUT2D eigenvalue weighted by Crippen LogP contribution is -2.63. The van der Waals surface area contributed by atoms with Gasteiger partial charge in [-0.05, 0) is 0 Å². The van der Waals surface area contributed by atoms with Crippen LogP contribution in [0.4, 0.5) is 0 Å². The Hall–Kier alpha value is -1.88. The van der Waals surface area contributed by atoms with Gasteiger partial charge in [-0.1, -0.05) is 15.9 Å². The average molecular weight is 573 g/mol. The third-order valence-corrected chi connectivity index (χ3v) is 5.78. The summed E-state index contributed by atoms with van der Waals surface area (Å²) in [5, 5.41) is 29.0. The summed E-state index contributed by atoms with van der Waals surface area (Å²) in [5.74, 6) is -3.06. The number of aliphatic hydroxyl groups is 3.